The SMILES string of the molecule is CCOc1ccc(C(=O)C(C)C(C)C(=O)O)cc1Br. The Labute approximate surface area is 120 Å². The Morgan fingerprint density at radius 3 is 2.42 bits per heavy atom. The zero-order valence-electron chi connectivity index (χ0n) is 11.1. The zero-order valence-corrected chi connectivity index (χ0v) is 12.7. The first-order valence-electron chi connectivity index (χ1n) is 6.07. The van der Waals surface area contributed by atoms with E-state index in [1.165, 1.54) is 6.92 Å². The van der Waals surface area contributed by atoms with Gasteiger partial charge in [0.15, 0.2) is 5.78 Å². The highest BCUT2D eigenvalue weighted by molar-refractivity contribution is 9.10. The Morgan fingerprint density at radius 2 is 1.95 bits per heavy atom. The molecule has 4 nitrogen and oxygen atoms in total. The summed E-state index contributed by atoms with van der Waals surface area (Å²) in [4.78, 5) is 23.1. The summed E-state index contributed by atoms with van der Waals surface area (Å²) in [5.41, 5.74) is 0.482. The van der Waals surface area contributed by atoms with Crippen LogP contribution in [-0.4, -0.2) is 23.5 Å². The maximum atomic E-state index is 12.2. The summed E-state index contributed by atoms with van der Waals surface area (Å²) >= 11 is 3.34. The van der Waals surface area contributed by atoms with Gasteiger partial charge in [-0.15, -0.1) is 0 Å². The van der Waals surface area contributed by atoms with Crippen LogP contribution in [-0.2, 0) is 4.79 Å². The van der Waals surface area contributed by atoms with Gasteiger partial charge in [-0.25, -0.2) is 0 Å². The molecule has 104 valence electrons. The number of carbonyl (C=O) groups excluding carboxylic acids is 1. The van der Waals surface area contributed by atoms with Crippen LogP contribution in [0.2, 0.25) is 0 Å². The summed E-state index contributed by atoms with van der Waals surface area (Å²) in [5, 5.41) is 8.94. The summed E-state index contributed by atoms with van der Waals surface area (Å²) in [6, 6.07) is 5.03. The van der Waals surface area contributed by atoms with E-state index in [1.54, 1.807) is 25.1 Å². The van der Waals surface area contributed by atoms with Gasteiger partial charge in [0.2, 0.25) is 0 Å². The molecule has 1 rings (SSSR count). The molecule has 2 unspecified atom stereocenters. The molecular weight excluding hydrogens is 312 g/mol. The van der Waals surface area contributed by atoms with E-state index in [4.69, 9.17) is 9.84 Å². The van der Waals surface area contributed by atoms with Crippen LogP contribution >= 0.6 is 15.9 Å². The van der Waals surface area contributed by atoms with Crippen LogP contribution in [0.5, 0.6) is 5.75 Å². The molecule has 0 aliphatic carbocycles. The fourth-order valence-corrected chi connectivity index (χ4v) is 2.12. The van der Waals surface area contributed by atoms with Gasteiger partial charge in [-0.1, -0.05) is 13.8 Å². The molecule has 1 N–H and O–H groups in total. The zero-order chi connectivity index (χ0) is 14.6. The van der Waals surface area contributed by atoms with E-state index in [1.807, 2.05) is 6.92 Å². The Balaban J connectivity index is 2.94. The van der Waals surface area contributed by atoms with Crippen LogP contribution in [0.15, 0.2) is 22.7 Å². The first kappa shape index (κ1) is 15.7. The monoisotopic (exact) mass is 328 g/mol. The van der Waals surface area contributed by atoms with Gasteiger partial charge in [0.25, 0.3) is 0 Å². The molecular formula is C14H17BrO4. The van der Waals surface area contributed by atoms with Crippen molar-refractivity contribution >= 4 is 27.7 Å². The molecule has 0 amide bonds. The van der Waals surface area contributed by atoms with Crippen molar-refractivity contribution in [2.24, 2.45) is 11.8 Å². The van der Waals surface area contributed by atoms with E-state index in [0.717, 1.165) is 0 Å². The first-order chi connectivity index (χ1) is 8.88. The first-order valence-corrected chi connectivity index (χ1v) is 6.87. The molecule has 0 radical (unpaired) electrons. The molecule has 0 bridgehead atoms. The van der Waals surface area contributed by atoms with E-state index in [2.05, 4.69) is 15.9 Å². The number of carboxylic acids is 1. The number of aliphatic carboxylic acids is 1. The van der Waals surface area contributed by atoms with Crippen LogP contribution in [0, 0.1) is 11.8 Å². The largest absolute Gasteiger partial charge is 0.493 e. The van der Waals surface area contributed by atoms with Gasteiger partial charge in [0.05, 0.1) is 17.0 Å². The lowest BCUT2D eigenvalue weighted by molar-refractivity contribution is -0.142. The minimum atomic E-state index is -0.967. The van der Waals surface area contributed by atoms with Gasteiger partial charge in [-0.3, -0.25) is 9.59 Å². The lowest BCUT2D eigenvalue weighted by Crippen LogP contribution is -2.25. The number of rotatable bonds is 6. The Bertz CT molecular complexity index is 484. The third kappa shape index (κ3) is 3.80. The standard InChI is InChI=1S/C14H17BrO4/c1-4-19-12-6-5-10(7-11(12)15)13(16)8(2)9(3)14(17)18/h5-9H,4H2,1-3H3,(H,17,18). The Morgan fingerprint density at radius 1 is 1.32 bits per heavy atom. The normalized spacial score (nSPS) is 13.7. The van der Waals surface area contributed by atoms with Gasteiger partial charge < -0.3 is 9.84 Å². The van der Waals surface area contributed by atoms with E-state index >= 15 is 0 Å². The van der Waals surface area contributed by atoms with Gasteiger partial charge >= 0.3 is 5.97 Å². The average molecular weight is 329 g/mol. The number of halogens is 1. The second-order valence-electron chi connectivity index (χ2n) is 4.36. The van der Waals surface area contributed by atoms with Gasteiger partial charge in [0.1, 0.15) is 5.75 Å². The summed E-state index contributed by atoms with van der Waals surface area (Å²) in [7, 11) is 0. The number of ether oxygens (including phenoxy) is 1. The molecule has 0 aliphatic heterocycles. The molecule has 0 aliphatic rings. The predicted octanol–water partition coefficient (Wildman–Crippen LogP) is 3.39. The lowest BCUT2D eigenvalue weighted by atomic mass is 9.88. The molecule has 0 saturated heterocycles. The molecule has 0 spiro atoms. The number of benzene rings is 1. The van der Waals surface area contributed by atoms with Crippen LogP contribution in [0.3, 0.4) is 0 Å². The quantitative estimate of drug-likeness (QED) is 0.813. The van der Waals surface area contributed by atoms with E-state index in [-0.39, 0.29) is 5.78 Å². The van der Waals surface area contributed by atoms with Crippen LogP contribution in [0.25, 0.3) is 0 Å². The minimum absolute atomic E-state index is 0.182. The van der Waals surface area contributed by atoms with Crippen molar-refractivity contribution in [2.75, 3.05) is 6.61 Å². The second-order valence-corrected chi connectivity index (χ2v) is 5.21. The van der Waals surface area contributed by atoms with Crippen LogP contribution in [0.1, 0.15) is 31.1 Å². The Hall–Kier alpha value is -1.36. The highest BCUT2D eigenvalue weighted by atomic mass is 79.9. The molecule has 0 fully saturated rings. The second kappa shape index (κ2) is 6.70. The van der Waals surface area contributed by atoms with Crippen LogP contribution in [0.4, 0.5) is 0 Å². The molecule has 0 heterocycles. The van der Waals surface area contributed by atoms with Crippen molar-refractivity contribution in [3.05, 3.63) is 28.2 Å². The van der Waals surface area contributed by atoms with E-state index < -0.39 is 17.8 Å². The smallest absolute Gasteiger partial charge is 0.306 e. The van der Waals surface area contributed by atoms with Crippen molar-refractivity contribution in [3.8, 4) is 5.75 Å². The highest BCUT2D eigenvalue weighted by Crippen LogP contribution is 2.28. The van der Waals surface area contributed by atoms with Gasteiger partial charge in [-0.05, 0) is 41.1 Å². The van der Waals surface area contributed by atoms with Gasteiger partial charge in [-0.2, -0.15) is 0 Å². The number of Topliss-reactive ketones (excluding diaryl/α,β-unsaturated/α-hetero) is 1. The molecule has 0 saturated carbocycles. The van der Waals surface area contributed by atoms with Crippen molar-refractivity contribution in [1.29, 1.82) is 0 Å². The number of carbonyl (C=O) groups is 2. The van der Waals surface area contributed by atoms with Crippen molar-refractivity contribution in [2.45, 2.75) is 20.8 Å². The van der Waals surface area contributed by atoms with Gasteiger partial charge in [0, 0.05) is 11.5 Å². The summed E-state index contributed by atoms with van der Waals surface area (Å²) in [6.07, 6.45) is 0. The summed E-state index contributed by atoms with van der Waals surface area (Å²) < 4.78 is 6.06. The maximum Gasteiger partial charge on any atom is 0.306 e. The molecule has 5 heteroatoms. The average Bonchev–Trinajstić information content (AvgIpc) is 2.38. The minimum Gasteiger partial charge on any atom is -0.493 e. The number of hydrogen-bond acceptors (Lipinski definition) is 3. The summed E-state index contributed by atoms with van der Waals surface area (Å²) in [5.74, 6) is -1.76. The van der Waals surface area contributed by atoms with E-state index in [9.17, 15) is 9.59 Å². The fourth-order valence-electron chi connectivity index (χ4n) is 1.63. The van der Waals surface area contributed by atoms with Crippen molar-refractivity contribution < 1.29 is 19.4 Å². The summed E-state index contributed by atoms with van der Waals surface area (Å²) in [6.45, 7) is 5.58. The topological polar surface area (TPSA) is 63.6 Å². The van der Waals surface area contributed by atoms with Crippen molar-refractivity contribution in [1.82, 2.24) is 0 Å². The number of hydrogen-bond donors (Lipinski definition) is 1. The third-order valence-corrected chi connectivity index (χ3v) is 3.69. The molecule has 1 aromatic carbocycles. The maximum absolute atomic E-state index is 12.2. The lowest BCUT2D eigenvalue weighted by Gasteiger charge is -2.15. The van der Waals surface area contributed by atoms with Crippen molar-refractivity contribution in [3.63, 3.8) is 0 Å². The Kier molecular flexibility index (Phi) is 5.54. The number of ketones is 1. The molecule has 0 aromatic heterocycles. The predicted molar refractivity (Wildman–Crippen MR) is 75.6 cm³/mol. The molecule has 19 heavy (non-hydrogen) atoms. The number of carboxylic acid groups (broad SMARTS) is 1. The third-order valence-electron chi connectivity index (χ3n) is 3.07. The molecule has 1 aromatic rings. The fraction of sp³-hybridized carbons (Fsp3) is 0.429. The van der Waals surface area contributed by atoms with Crippen LogP contribution < -0.4 is 4.74 Å². The molecule has 2 atom stereocenters. The van der Waals surface area contributed by atoms with E-state index in [0.29, 0.717) is 22.4 Å². The highest BCUT2D eigenvalue weighted by Gasteiger charge is 2.26.